The molecule has 0 radical (unpaired) electrons. The molecule has 1 aliphatic heterocycles. The van der Waals surface area contributed by atoms with E-state index in [9.17, 15) is 78.4 Å². The van der Waals surface area contributed by atoms with E-state index in [1.807, 2.05) is 120 Å². The third kappa shape index (κ3) is 28.7. The molecule has 14 atom stereocenters. The number of fused-ring (bicyclic) bond motifs is 1. The van der Waals surface area contributed by atoms with Crippen molar-refractivity contribution in [3.05, 3.63) is 265 Å². The van der Waals surface area contributed by atoms with Crippen LogP contribution in [0.1, 0.15) is 189 Å². The number of nitrogens with one attached hydrogen (secondary N) is 4. The summed E-state index contributed by atoms with van der Waals surface area (Å²) in [4.78, 5) is 108. The second kappa shape index (κ2) is 46.5. The summed E-state index contributed by atoms with van der Waals surface area (Å²) in [7, 11) is -16.4. The molecular formula is C90H105N21O22S8. The fourth-order valence-electron chi connectivity index (χ4n) is 17.2. The molecule has 3 aromatic carbocycles. The number of thiazole rings is 3. The number of aryl methyl sites for hydroxylation is 5. The van der Waals surface area contributed by atoms with Crippen LogP contribution >= 0.6 is 45.3 Å². The Hall–Kier alpha value is -11.1. The highest BCUT2D eigenvalue weighted by molar-refractivity contribution is 7.85. The van der Waals surface area contributed by atoms with Gasteiger partial charge in [0.25, 0.3) is 0 Å². The summed E-state index contributed by atoms with van der Waals surface area (Å²) in [6.07, 6.45) is 11.8. The smallest absolute Gasteiger partial charge is 0.333 e. The van der Waals surface area contributed by atoms with E-state index in [4.69, 9.17) is 30.3 Å². The number of ether oxygens (including phenoxy) is 1. The number of benzene rings is 3. The minimum absolute atomic E-state index is 0.161. The average Bonchev–Trinajstić information content (AvgIpc) is 1.62. The number of anilines is 4. The van der Waals surface area contributed by atoms with Crippen molar-refractivity contribution in [1.82, 2.24) is 64.4 Å². The van der Waals surface area contributed by atoms with Crippen molar-refractivity contribution in [2.45, 2.75) is 173 Å². The summed E-state index contributed by atoms with van der Waals surface area (Å²) in [5.74, 6) is -1.11. The van der Waals surface area contributed by atoms with Gasteiger partial charge in [-0.05, 0) is 109 Å². The Kier molecular flexibility index (Phi) is 34.9. The van der Waals surface area contributed by atoms with Gasteiger partial charge in [0.15, 0.2) is 15.0 Å². The molecule has 4 fully saturated rings. The van der Waals surface area contributed by atoms with E-state index in [1.165, 1.54) is 101 Å². The van der Waals surface area contributed by atoms with E-state index < -0.39 is 101 Å². The highest BCUT2D eigenvalue weighted by Crippen LogP contribution is 2.40. The molecule has 0 amide bonds. The van der Waals surface area contributed by atoms with Crippen molar-refractivity contribution in [3.63, 3.8) is 0 Å². The Morgan fingerprint density at radius 1 is 0.454 bits per heavy atom. The lowest BCUT2D eigenvalue weighted by Gasteiger charge is -2.25. The van der Waals surface area contributed by atoms with Crippen molar-refractivity contribution < 1.29 is 99.9 Å². The zero-order valence-electron chi connectivity index (χ0n) is 76.8. The molecule has 0 spiro atoms. The van der Waals surface area contributed by atoms with Crippen molar-refractivity contribution in [1.29, 1.82) is 0 Å². The Balaban J connectivity index is 0.000000150. The van der Waals surface area contributed by atoms with Gasteiger partial charge >= 0.3 is 41.2 Å². The van der Waals surface area contributed by atoms with Gasteiger partial charge in [0.05, 0.1) is 108 Å². The van der Waals surface area contributed by atoms with E-state index in [0.717, 1.165) is 77.6 Å². The van der Waals surface area contributed by atoms with Crippen LogP contribution in [-0.2, 0) is 88.5 Å². The molecule has 0 bridgehead atoms. The third-order valence-corrected chi connectivity index (χ3v) is 30.1. The minimum atomic E-state index is -4.18. The number of carbonyl (C=O) groups is 4. The van der Waals surface area contributed by atoms with Gasteiger partial charge in [0, 0.05) is 130 Å². The standard InChI is InChI=1S/C24H30N6O6S2.C23H27N5O5S2.C22H25N5O5S2.C21H23N5O6S2/c1-12-13(2)30-4-5-35-22(24(30)28-12)17-8-20(37-14(17)3)21(32)18-9-26-11-27-23(18)29-16-6-15(19(31)7-16)10-36-38(25,33)34;1-13-4-3-5-15(6-13)7-19-14(2)34-23(28-19)21(30)18-10-25-12-26-22(18)27-17-8-16(20(29)9-17)11-33-35(24,31)32;1-13-3-2-4-14(5-13)6-17-11-33-22(27-17)20(29)18-9-24-12-25-21(18)26-16-7-15(19(28)8-16)10-32-34(23,30)31;22-34(30,31)32-10-13-7-16(19(29)17(13)27)26-20-15(9-23-11-25-20)18(28)21-24-8-14(33-21)6-12-4-2-1-3-5-12/h8-9,11,15-16,19,22,31H,4-7,10H2,1-3H3,(H2,25,33,34)(H,26,27,29);3-6,10,12,16-17,20,29H,7-9,11H2,1-2H3,(H2,24,31,32)(H,25,26,27);2-5,9,11-12,15-16,19,28H,6-8,10H2,1H3,(H2,23,30,31)(H,24,25,26);1-5,8-9,11,13,16-17,19,27,29H,6-7,10H2,(H2,22,30,31)(H,23,25,26)/t15-,16-,19+,22?;16-,17-,20+;15-,16-,19+;13-,16-,17-,19+/m1111/s1. The maximum absolute atomic E-state index is 13.6. The van der Waals surface area contributed by atoms with Crippen molar-refractivity contribution in [3.8, 4) is 0 Å². The molecule has 51 heteroatoms. The summed E-state index contributed by atoms with van der Waals surface area (Å²) >= 11 is 5.26. The SMILES string of the molecule is Cc1cccc(Cc2csc(C(=O)c3cncnc3N[C@@H]3C[C@H](COS(N)(=O)=O)[C@@H](O)C3)n2)c1.Cc1cccc(Cc2nc(C(=O)c3cncnc3N[C@@H]3C[C@H](COS(N)(=O)=O)[C@@H](O)C3)sc2C)c1.Cc1nc2n(c1C)CCOC2c1cc(C(=O)c2cncnc2N[C@@H]2C[C@H](COS(N)(=O)=O)[C@@H](O)C2)sc1C.NS(=O)(=O)OC[C@H]1C[C@@H](Nc2ncncc2C(=O)c2ncc(Cc3ccccc3)s2)[C@H](O)[C@@H]1O. The normalized spacial score (nSPS) is 21.7. The number of imidazole rings is 1. The predicted octanol–water partition coefficient (Wildman–Crippen LogP) is 6.26. The maximum atomic E-state index is 13.6. The van der Waals surface area contributed by atoms with Gasteiger partial charge in [-0.15, -0.1) is 45.3 Å². The molecule has 141 heavy (non-hydrogen) atoms. The van der Waals surface area contributed by atoms with Crippen LogP contribution in [0.5, 0.6) is 0 Å². The summed E-state index contributed by atoms with van der Waals surface area (Å²) < 4.78 is 115. The van der Waals surface area contributed by atoms with Gasteiger partial charge < -0.3 is 56.1 Å². The lowest BCUT2D eigenvalue weighted by Crippen LogP contribution is -2.36. The summed E-state index contributed by atoms with van der Waals surface area (Å²) in [6.45, 7) is 12.3. The second-order valence-electron chi connectivity index (χ2n) is 34.7. The monoisotopic (exact) mass is 2090 g/mol. The number of carbonyl (C=O) groups excluding carboxylic acids is 4. The molecule has 17 N–H and O–H groups in total. The molecule has 1 unspecified atom stereocenters. The van der Waals surface area contributed by atoms with Crippen molar-refractivity contribution in [2.24, 2.45) is 44.2 Å². The van der Waals surface area contributed by atoms with Crippen LogP contribution in [0, 0.1) is 65.2 Å². The molecule has 9 aromatic heterocycles. The molecule has 43 nitrogen and oxygen atoms in total. The number of nitrogens with zero attached hydrogens (tertiary/aromatic N) is 13. The fourth-order valence-corrected chi connectivity index (χ4v) is 22.2. The first-order valence-corrected chi connectivity index (χ1v) is 53.5. The Morgan fingerprint density at radius 3 is 1.40 bits per heavy atom. The molecule has 10 heterocycles. The van der Waals surface area contributed by atoms with E-state index in [-0.39, 0.29) is 108 Å². The van der Waals surface area contributed by atoms with Crippen LogP contribution in [0.4, 0.5) is 23.3 Å². The number of aliphatic hydroxyl groups is 5. The van der Waals surface area contributed by atoms with Gasteiger partial charge in [0.2, 0.25) is 23.1 Å². The van der Waals surface area contributed by atoms with Crippen molar-refractivity contribution in [2.75, 3.05) is 54.3 Å². The zero-order chi connectivity index (χ0) is 101. The molecule has 4 saturated carbocycles. The van der Waals surface area contributed by atoms with Gasteiger partial charge in [0.1, 0.15) is 66.6 Å². The van der Waals surface area contributed by atoms with Crippen LogP contribution in [0.15, 0.2) is 147 Å². The number of aromatic nitrogens is 13. The number of aliphatic hydroxyl groups excluding tert-OH is 5. The Labute approximate surface area is 828 Å². The largest absolute Gasteiger partial charge is 0.393 e. The van der Waals surface area contributed by atoms with Crippen LogP contribution in [0.2, 0.25) is 0 Å². The Bertz CT molecular complexity index is 6960. The van der Waals surface area contributed by atoms with Crippen LogP contribution in [0.3, 0.4) is 0 Å². The number of thiophene rings is 1. The van der Waals surface area contributed by atoms with E-state index in [2.05, 4.69) is 110 Å². The summed E-state index contributed by atoms with van der Waals surface area (Å²) in [6, 6.07) is 26.6. The molecule has 0 saturated heterocycles. The van der Waals surface area contributed by atoms with Crippen molar-refractivity contribution >= 4 is 133 Å². The first-order valence-electron chi connectivity index (χ1n) is 44.3. The van der Waals surface area contributed by atoms with Gasteiger partial charge in [-0.1, -0.05) is 90.0 Å². The van der Waals surface area contributed by atoms with Crippen LogP contribution in [-0.4, -0.2) is 234 Å². The first kappa shape index (κ1) is 106. The lowest BCUT2D eigenvalue weighted by molar-refractivity contribution is 0.00778. The Morgan fingerprint density at radius 2 is 0.908 bits per heavy atom. The maximum Gasteiger partial charge on any atom is 0.333 e. The lowest BCUT2D eigenvalue weighted by atomic mass is 10.1. The zero-order valence-corrected chi connectivity index (χ0v) is 83.4. The van der Waals surface area contributed by atoms with Gasteiger partial charge in [-0.2, -0.15) is 33.7 Å². The number of rotatable bonds is 35. The average molecular weight is 2090 g/mol. The molecule has 750 valence electrons. The molecule has 4 aliphatic carbocycles. The third-order valence-electron chi connectivity index (χ3n) is 24.2. The molecule has 5 aliphatic rings. The highest BCUT2D eigenvalue weighted by atomic mass is 32.2. The van der Waals surface area contributed by atoms with E-state index >= 15 is 0 Å². The fraction of sp³-hybridized carbons (Fsp3) is 0.400. The molecule has 12 aromatic rings. The second-order valence-corrected chi connectivity index (χ2v) is 44.0. The van der Waals surface area contributed by atoms with Gasteiger partial charge in [-0.25, -0.2) is 80.4 Å². The quantitative estimate of drug-likeness (QED) is 0.0195. The topological polar surface area (TPSA) is 664 Å². The summed E-state index contributed by atoms with van der Waals surface area (Å²) in [5, 5.41) is 86.5. The van der Waals surface area contributed by atoms with Gasteiger partial charge in [-0.3, -0.25) is 35.9 Å². The number of nitrogens with two attached hydrogens (primary N) is 4. The first-order chi connectivity index (χ1) is 67.0. The minimum Gasteiger partial charge on any atom is -0.393 e. The number of ketones is 4. The van der Waals surface area contributed by atoms with E-state index in [1.54, 1.807) is 6.20 Å². The van der Waals surface area contributed by atoms with E-state index in [0.29, 0.717) is 102 Å². The molecular weight excluding hydrogens is 1980 g/mol. The van der Waals surface area contributed by atoms with Crippen LogP contribution < -0.4 is 41.8 Å². The number of hydrogen-bond donors (Lipinski definition) is 13. The van der Waals surface area contributed by atoms with Crippen LogP contribution in [0.25, 0.3) is 0 Å². The molecule has 17 rings (SSSR count). The number of hydrogen-bond acceptors (Lipinski definition) is 42. The summed E-state index contributed by atoms with van der Waals surface area (Å²) in [5.41, 5.74) is 11.4. The highest BCUT2D eigenvalue weighted by Gasteiger charge is 2.44. The predicted molar refractivity (Wildman–Crippen MR) is 521 cm³/mol.